The zero-order chi connectivity index (χ0) is 19.8. The average Bonchev–Trinajstić information content (AvgIpc) is 2.66. The lowest BCUT2D eigenvalue weighted by Gasteiger charge is -2.11. The van der Waals surface area contributed by atoms with E-state index in [1.807, 2.05) is 31.2 Å². The number of hydrogen-bond donors (Lipinski definition) is 2. The average molecular weight is 391 g/mol. The van der Waals surface area contributed by atoms with Gasteiger partial charge >= 0.3 is 5.97 Å². The molecular weight excluding hydrogens is 372 g/mol. The number of aryl methyl sites for hydroxylation is 1. The lowest BCUT2D eigenvalue weighted by Crippen LogP contribution is -2.43. The molecule has 142 valence electrons. The molecule has 0 unspecified atom stereocenters. The summed E-state index contributed by atoms with van der Waals surface area (Å²) >= 11 is 5.86. The number of benzene rings is 2. The third kappa shape index (κ3) is 6.31. The van der Waals surface area contributed by atoms with Crippen molar-refractivity contribution in [3.63, 3.8) is 0 Å². The van der Waals surface area contributed by atoms with Crippen LogP contribution in [0.5, 0.6) is 5.75 Å². The first-order valence-electron chi connectivity index (χ1n) is 8.03. The van der Waals surface area contributed by atoms with E-state index < -0.39 is 24.4 Å². The number of ether oxygens (including phenoxy) is 2. The van der Waals surface area contributed by atoms with Crippen molar-refractivity contribution in [3.05, 3.63) is 64.2 Å². The molecule has 0 aliphatic carbocycles. The van der Waals surface area contributed by atoms with Crippen LogP contribution in [0.4, 0.5) is 0 Å². The van der Waals surface area contributed by atoms with Crippen molar-refractivity contribution in [2.24, 2.45) is 0 Å². The van der Waals surface area contributed by atoms with Crippen LogP contribution in [0.1, 0.15) is 21.5 Å². The van der Waals surface area contributed by atoms with E-state index in [0.29, 0.717) is 10.8 Å². The molecule has 0 aromatic heterocycles. The van der Waals surface area contributed by atoms with Gasteiger partial charge in [0.15, 0.2) is 6.61 Å². The van der Waals surface area contributed by atoms with Gasteiger partial charge in [0.1, 0.15) is 5.75 Å². The predicted octanol–water partition coefficient (Wildman–Crippen LogP) is 2.20. The fourth-order valence-corrected chi connectivity index (χ4v) is 2.33. The van der Waals surface area contributed by atoms with Crippen LogP contribution in [0.15, 0.2) is 42.5 Å². The van der Waals surface area contributed by atoms with Crippen LogP contribution in [0.2, 0.25) is 5.02 Å². The molecule has 2 N–H and O–H groups in total. The Morgan fingerprint density at radius 3 is 2.41 bits per heavy atom. The van der Waals surface area contributed by atoms with Crippen molar-refractivity contribution in [2.75, 3.05) is 13.7 Å². The number of rotatable bonds is 6. The summed E-state index contributed by atoms with van der Waals surface area (Å²) in [7, 11) is 1.41. The van der Waals surface area contributed by atoms with Gasteiger partial charge in [-0.3, -0.25) is 25.2 Å². The first-order chi connectivity index (χ1) is 12.9. The second-order valence-corrected chi connectivity index (χ2v) is 6.11. The molecule has 8 heteroatoms. The van der Waals surface area contributed by atoms with Gasteiger partial charge in [0, 0.05) is 5.02 Å². The maximum absolute atomic E-state index is 12.1. The van der Waals surface area contributed by atoms with Crippen LogP contribution < -0.4 is 15.6 Å². The molecule has 2 amide bonds. The highest BCUT2D eigenvalue weighted by Crippen LogP contribution is 2.22. The topological polar surface area (TPSA) is 93.7 Å². The van der Waals surface area contributed by atoms with Gasteiger partial charge in [-0.25, -0.2) is 0 Å². The van der Waals surface area contributed by atoms with Crippen LogP contribution in [-0.4, -0.2) is 31.5 Å². The van der Waals surface area contributed by atoms with E-state index in [4.69, 9.17) is 21.1 Å². The Kier molecular flexibility index (Phi) is 7.19. The van der Waals surface area contributed by atoms with Gasteiger partial charge in [-0.2, -0.15) is 0 Å². The number of nitrogens with one attached hydrogen (secondary N) is 2. The Morgan fingerprint density at radius 2 is 1.74 bits per heavy atom. The summed E-state index contributed by atoms with van der Waals surface area (Å²) in [5.41, 5.74) is 6.40. The van der Waals surface area contributed by atoms with Crippen molar-refractivity contribution in [2.45, 2.75) is 13.3 Å². The number of halogens is 1. The van der Waals surface area contributed by atoms with Crippen molar-refractivity contribution in [3.8, 4) is 5.75 Å². The van der Waals surface area contributed by atoms with Crippen molar-refractivity contribution in [1.82, 2.24) is 10.9 Å². The van der Waals surface area contributed by atoms with Crippen LogP contribution in [0.3, 0.4) is 0 Å². The smallest absolute Gasteiger partial charge is 0.310 e. The Hall–Kier alpha value is -3.06. The monoisotopic (exact) mass is 390 g/mol. The van der Waals surface area contributed by atoms with Gasteiger partial charge in [0.05, 0.1) is 19.1 Å². The Balaban J connectivity index is 1.79. The van der Waals surface area contributed by atoms with Gasteiger partial charge in [0.25, 0.3) is 11.8 Å². The molecule has 0 radical (unpaired) electrons. The third-order valence-corrected chi connectivity index (χ3v) is 3.79. The van der Waals surface area contributed by atoms with Crippen molar-refractivity contribution >= 4 is 29.4 Å². The van der Waals surface area contributed by atoms with Gasteiger partial charge < -0.3 is 9.47 Å². The normalized spacial score (nSPS) is 10.0. The van der Waals surface area contributed by atoms with E-state index in [0.717, 1.165) is 11.1 Å². The van der Waals surface area contributed by atoms with Crippen LogP contribution >= 0.6 is 11.6 Å². The molecule has 2 aromatic rings. The summed E-state index contributed by atoms with van der Waals surface area (Å²) < 4.78 is 9.96. The highest BCUT2D eigenvalue weighted by atomic mass is 35.5. The number of esters is 1. The number of hydrazine groups is 1. The molecule has 0 saturated heterocycles. The summed E-state index contributed by atoms with van der Waals surface area (Å²) in [5, 5.41) is 0.345. The maximum atomic E-state index is 12.1. The van der Waals surface area contributed by atoms with E-state index in [1.165, 1.54) is 19.2 Å². The van der Waals surface area contributed by atoms with E-state index in [1.54, 1.807) is 6.07 Å². The first kappa shape index (κ1) is 20.3. The SMILES string of the molecule is COc1ccc(Cl)cc1C(=O)NNC(=O)COC(=O)Cc1ccc(C)cc1. The Labute approximate surface area is 161 Å². The summed E-state index contributed by atoms with van der Waals surface area (Å²) in [6.45, 7) is 1.43. The largest absolute Gasteiger partial charge is 0.496 e. The maximum Gasteiger partial charge on any atom is 0.310 e. The summed E-state index contributed by atoms with van der Waals surface area (Å²) in [6, 6.07) is 11.9. The van der Waals surface area contributed by atoms with Crippen LogP contribution in [0, 0.1) is 6.92 Å². The zero-order valence-electron chi connectivity index (χ0n) is 14.9. The van der Waals surface area contributed by atoms with Crippen molar-refractivity contribution < 1.29 is 23.9 Å². The zero-order valence-corrected chi connectivity index (χ0v) is 15.6. The molecule has 0 atom stereocenters. The molecule has 0 bridgehead atoms. The van der Waals surface area contributed by atoms with E-state index >= 15 is 0 Å². The lowest BCUT2D eigenvalue weighted by molar-refractivity contribution is -0.148. The standard InChI is InChI=1S/C19H19ClN2O5/c1-12-3-5-13(6-4-12)9-18(24)27-11-17(23)21-22-19(25)15-10-14(20)7-8-16(15)26-2/h3-8,10H,9,11H2,1-2H3,(H,21,23)(H,22,25). The number of carbonyl (C=O) groups excluding carboxylic acids is 3. The van der Waals surface area contributed by atoms with E-state index in [-0.39, 0.29) is 12.0 Å². The molecule has 0 fully saturated rings. The minimum absolute atomic E-state index is 0.0552. The van der Waals surface area contributed by atoms with Gasteiger partial charge in [0.2, 0.25) is 0 Å². The van der Waals surface area contributed by atoms with Crippen LogP contribution in [-0.2, 0) is 20.7 Å². The molecule has 0 aliphatic heterocycles. The quantitative estimate of drug-likeness (QED) is 0.582. The number of hydrogen-bond acceptors (Lipinski definition) is 5. The molecule has 2 aromatic carbocycles. The molecule has 27 heavy (non-hydrogen) atoms. The molecule has 0 aliphatic rings. The fraction of sp³-hybridized carbons (Fsp3) is 0.211. The molecule has 0 saturated carbocycles. The first-order valence-corrected chi connectivity index (χ1v) is 8.40. The highest BCUT2D eigenvalue weighted by molar-refractivity contribution is 6.31. The van der Waals surface area contributed by atoms with E-state index in [9.17, 15) is 14.4 Å². The predicted molar refractivity (Wildman–Crippen MR) is 99.5 cm³/mol. The van der Waals surface area contributed by atoms with E-state index in [2.05, 4.69) is 10.9 Å². The number of methoxy groups -OCH3 is 1. The van der Waals surface area contributed by atoms with Crippen molar-refractivity contribution in [1.29, 1.82) is 0 Å². The second kappa shape index (κ2) is 9.59. The van der Waals surface area contributed by atoms with Gasteiger partial charge in [-0.15, -0.1) is 0 Å². The molecule has 7 nitrogen and oxygen atoms in total. The molecule has 2 rings (SSSR count). The molecule has 0 spiro atoms. The second-order valence-electron chi connectivity index (χ2n) is 5.67. The lowest BCUT2D eigenvalue weighted by atomic mass is 10.1. The Morgan fingerprint density at radius 1 is 1.04 bits per heavy atom. The summed E-state index contributed by atoms with van der Waals surface area (Å²) in [4.78, 5) is 35.6. The molecule has 0 heterocycles. The number of amides is 2. The third-order valence-electron chi connectivity index (χ3n) is 3.55. The molecular formula is C19H19ClN2O5. The summed E-state index contributed by atoms with van der Waals surface area (Å²) in [5.74, 6) is -1.54. The van der Waals surface area contributed by atoms with Gasteiger partial charge in [-0.05, 0) is 30.7 Å². The highest BCUT2D eigenvalue weighted by Gasteiger charge is 2.14. The number of carbonyl (C=O) groups is 3. The minimum Gasteiger partial charge on any atom is -0.496 e. The Bertz CT molecular complexity index is 836. The fourth-order valence-electron chi connectivity index (χ4n) is 2.16. The van der Waals surface area contributed by atoms with Crippen LogP contribution in [0.25, 0.3) is 0 Å². The van der Waals surface area contributed by atoms with Gasteiger partial charge in [-0.1, -0.05) is 41.4 Å². The summed E-state index contributed by atoms with van der Waals surface area (Å²) in [6.07, 6.45) is 0.0552. The minimum atomic E-state index is -0.679.